The average Bonchev–Trinajstić information content (AvgIpc) is 2.42. The fourth-order valence-electron chi connectivity index (χ4n) is 3.82. The summed E-state index contributed by atoms with van der Waals surface area (Å²) >= 11 is 5.64. The van der Waals surface area contributed by atoms with E-state index in [-0.39, 0.29) is 35.3 Å². The Labute approximate surface area is 141 Å². The van der Waals surface area contributed by atoms with Gasteiger partial charge in [0.1, 0.15) is 5.82 Å². The smallest absolute Gasteiger partial charge is 0.227 e. The Morgan fingerprint density at radius 3 is 2.50 bits per heavy atom. The van der Waals surface area contributed by atoms with Crippen LogP contribution in [0.1, 0.15) is 32.1 Å². The lowest BCUT2D eigenvalue weighted by molar-refractivity contribution is -0.122. The highest BCUT2D eigenvalue weighted by Gasteiger charge is 2.40. The van der Waals surface area contributed by atoms with Crippen LogP contribution < -0.4 is 11.1 Å². The van der Waals surface area contributed by atoms with E-state index in [1.54, 1.807) is 6.07 Å². The number of hydrogen-bond acceptors (Lipinski definition) is 2. The lowest BCUT2D eigenvalue weighted by Crippen LogP contribution is -2.48. The molecule has 0 spiro atoms. The molecule has 2 saturated carbocycles. The normalized spacial score (nSPS) is 30.3. The first kappa shape index (κ1) is 17.5. The van der Waals surface area contributed by atoms with E-state index in [9.17, 15) is 9.18 Å². The summed E-state index contributed by atoms with van der Waals surface area (Å²) in [6.07, 6.45) is 5.16. The van der Waals surface area contributed by atoms with Gasteiger partial charge >= 0.3 is 0 Å². The van der Waals surface area contributed by atoms with Crippen molar-refractivity contribution in [3.63, 3.8) is 0 Å². The van der Waals surface area contributed by atoms with Gasteiger partial charge in [-0.15, -0.1) is 12.4 Å². The van der Waals surface area contributed by atoms with Gasteiger partial charge in [-0.25, -0.2) is 4.39 Å². The van der Waals surface area contributed by atoms with Crippen LogP contribution in [0, 0.1) is 23.6 Å². The van der Waals surface area contributed by atoms with Gasteiger partial charge in [-0.3, -0.25) is 4.79 Å². The quantitative estimate of drug-likeness (QED) is 0.850. The Morgan fingerprint density at radius 1 is 1.27 bits per heavy atom. The van der Waals surface area contributed by atoms with Gasteiger partial charge in [-0.05, 0) is 55.7 Å². The number of benzene rings is 1. The van der Waals surface area contributed by atoms with Crippen LogP contribution in [0.2, 0.25) is 5.02 Å². The van der Waals surface area contributed by atoms with Crippen molar-refractivity contribution in [1.29, 1.82) is 0 Å². The molecular weight excluding hydrogens is 326 g/mol. The van der Waals surface area contributed by atoms with Crippen molar-refractivity contribution in [2.24, 2.45) is 23.5 Å². The Bertz CT molecular complexity index is 541. The zero-order valence-corrected chi connectivity index (χ0v) is 13.8. The lowest BCUT2D eigenvalue weighted by atomic mass is 9.65. The fraction of sp³-hybridized carbons (Fsp3) is 0.562. The fourth-order valence-corrected chi connectivity index (χ4v) is 3.94. The number of hydrogen-bond donors (Lipinski definition) is 2. The second-order valence-electron chi connectivity index (χ2n) is 6.31. The predicted octanol–water partition coefficient (Wildman–Crippen LogP) is 3.99. The molecule has 2 aliphatic rings. The molecule has 2 atom stereocenters. The van der Waals surface area contributed by atoms with Crippen molar-refractivity contribution in [3.8, 4) is 0 Å². The summed E-state index contributed by atoms with van der Waals surface area (Å²) in [5, 5.41) is 2.87. The summed E-state index contributed by atoms with van der Waals surface area (Å²) < 4.78 is 13.4. The molecule has 2 aliphatic carbocycles. The van der Waals surface area contributed by atoms with E-state index < -0.39 is 5.82 Å². The maximum Gasteiger partial charge on any atom is 0.227 e. The topological polar surface area (TPSA) is 55.1 Å². The van der Waals surface area contributed by atoms with Gasteiger partial charge in [-0.1, -0.05) is 18.0 Å². The third kappa shape index (κ3) is 3.55. The molecule has 0 aromatic heterocycles. The number of rotatable bonds is 2. The molecule has 1 aromatic rings. The molecule has 122 valence electrons. The number of carbonyl (C=O) groups excluding carboxylic acids is 1. The summed E-state index contributed by atoms with van der Waals surface area (Å²) in [7, 11) is 0. The van der Waals surface area contributed by atoms with Crippen LogP contribution in [0.3, 0.4) is 0 Å². The van der Waals surface area contributed by atoms with E-state index in [4.69, 9.17) is 17.3 Å². The van der Waals surface area contributed by atoms with Gasteiger partial charge in [0.2, 0.25) is 5.91 Å². The molecule has 6 heteroatoms. The van der Waals surface area contributed by atoms with Gasteiger partial charge in [-0.2, -0.15) is 0 Å². The molecule has 1 aromatic carbocycles. The first-order valence-electron chi connectivity index (χ1n) is 7.56. The molecule has 0 radical (unpaired) electrons. The van der Waals surface area contributed by atoms with Crippen LogP contribution in [0.4, 0.5) is 10.1 Å². The molecule has 2 bridgehead atoms. The number of halogens is 3. The SMILES string of the molecule is Cl.NC1C2CCCC1CC(C(=O)Nc1ccc(Cl)c(F)c1)C2. The maximum absolute atomic E-state index is 13.4. The summed E-state index contributed by atoms with van der Waals surface area (Å²) in [6, 6.07) is 4.59. The van der Waals surface area contributed by atoms with Gasteiger partial charge in [0.05, 0.1) is 5.02 Å². The highest BCUT2D eigenvalue weighted by atomic mass is 35.5. The van der Waals surface area contributed by atoms with E-state index in [0.29, 0.717) is 17.5 Å². The van der Waals surface area contributed by atoms with E-state index in [1.165, 1.54) is 18.6 Å². The molecule has 0 heterocycles. The second kappa shape index (κ2) is 7.16. The highest BCUT2D eigenvalue weighted by molar-refractivity contribution is 6.30. The van der Waals surface area contributed by atoms with Crippen molar-refractivity contribution in [3.05, 3.63) is 29.0 Å². The molecule has 3 N–H and O–H groups in total. The predicted molar refractivity (Wildman–Crippen MR) is 88.8 cm³/mol. The average molecular weight is 347 g/mol. The molecule has 22 heavy (non-hydrogen) atoms. The minimum Gasteiger partial charge on any atom is -0.327 e. The third-order valence-electron chi connectivity index (χ3n) is 4.97. The zero-order chi connectivity index (χ0) is 15.0. The first-order valence-corrected chi connectivity index (χ1v) is 7.94. The van der Waals surface area contributed by atoms with Gasteiger partial charge < -0.3 is 11.1 Å². The Kier molecular flexibility index (Phi) is 5.70. The molecule has 2 unspecified atom stereocenters. The van der Waals surface area contributed by atoms with Crippen molar-refractivity contribution in [2.75, 3.05) is 5.32 Å². The molecule has 0 aliphatic heterocycles. The molecule has 3 rings (SSSR count). The number of amides is 1. The number of nitrogens with one attached hydrogen (secondary N) is 1. The van der Waals surface area contributed by atoms with E-state index in [1.807, 2.05) is 0 Å². The van der Waals surface area contributed by atoms with Gasteiger partial charge in [0.25, 0.3) is 0 Å². The number of carbonyl (C=O) groups is 1. The highest BCUT2D eigenvalue weighted by Crippen LogP contribution is 2.42. The maximum atomic E-state index is 13.4. The van der Waals surface area contributed by atoms with E-state index >= 15 is 0 Å². The largest absolute Gasteiger partial charge is 0.327 e. The van der Waals surface area contributed by atoms with Crippen molar-refractivity contribution >= 4 is 35.6 Å². The van der Waals surface area contributed by atoms with Gasteiger partial charge in [0, 0.05) is 17.6 Å². The van der Waals surface area contributed by atoms with E-state index in [0.717, 1.165) is 25.7 Å². The van der Waals surface area contributed by atoms with Crippen LogP contribution in [0.5, 0.6) is 0 Å². The van der Waals surface area contributed by atoms with E-state index in [2.05, 4.69) is 5.32 Å². The summed E-state index contributed by atoms with van der Waals surface area (Å²) in [5.41, 5.74) is 6.70. The van der Waals surface area contributed by atoms with Crippen molar-refractivity contribution in [2.45, 2.75) is 38.1 Å². The minimum absolute atomic E-state index is 0. The molecule has 1 amide bonds. The molecule has 0 saturated heterocycles. The zero-order valence-electron chi connectivity index (χ0n) is 12.2. The Hall–Kier alpha value is -0.840. The lowest BCUT2D eigenvalue weighted by Gasteiger charge is -2.43. The number of fused-ring (bicyclic) bond motifs is 2. The summed E-state index contributed by atoms with van der Waals surface area (Å²) in [4.78, 5) is 12.4. The standard InChI is InChI=1S/C16H20ClFN2O.ClH/c17-13-5-4-12(8-14(13)18)20-16(21)11-6-9-2-1-3-10(7-11)15(9)19;/h4-5,8-11,15H,1-3,6-7,19H2,(H,20,21);1H. The van der Waals surface area contributed by atoms with Crippen LogP contribution in [0.25, 0.3) is 0 Å². The summed E-state index contributed by atoms with van der Waals surface area (Å²) in [6.45, 7) is 0. The first-order chi connectivity index (χ1) is 10.0. The van der Waals surface area contributed by atoms with Crippen molar-refractivity contribution in [1.82, 2.24) is 0 Å². The molecule has 2 fully saturated rings. The van der Waals surface area contributed by atoms with Gasteiger partial charge in [0.15, 0.2) is 0 Å². The molecule has 3 nitrogen and oxygen atoms in total. The minimum atomic E-state index is -0.517. The monoisotopic (exact) mass is 346 g/mol. The van der Waals surface area contributed by atoms with Crippen LogP contribution in [-0.2, 0) is 4.79 Å². The van der Waals surface area contributed by atoms with Crippen LogP contribution >= 0.6 is 24.0 Å². The Balaban J connectivity index is 0.00000176. The van der Waals surface area contributed by atoms with Crippen LogP contribution in [0.15, 0.2) is 18.2 Å². The summed E-state index contributed by atoms with van der Waals surface area (Å²) in [5.74, 6) is 0.349. The third-order valence-corrected chi connectivity index (χ3v) is 5.28. The number of nitrogens with two attached hydrogens (primary N) is 1. The van der Waals surface area contributed by atoms with Crippen LogP contribution in [-0.4, -0.2) is 11.9 Å². The number of anilines is 1. The molecular formula is C16H21Cl2FN2O. The Morgan fingerprint density at radius 2 is 1.91 bits per heavy atom. The second-order valence-corrected chi connectivity index (χ2v) is 6.72. The van der Waals surface area contributed by atoms with Crippen molar-refractivity contribution < 1.29 is 9.18 Å².